The first-order valence-corrected chi connectivity index (χ1v) is 4.25. The maximum absolute atomic E-state index is 8.29. The van der Waals surface area contributed by atoms with Crippen LogP contribution in [0.5, 0.6) is 0 Å². The molecule has 0 atom stereocenters. The molecule has 0 radical (unpaired) electrons. The van der Waals surface area contributed by atoms with Crippen LogP contribution in [0, 0.1) is 6.92 Å². The van der Waals surface area contributed by atoms with Crippen LogP contribution in [0.1, 0.15) is 5.89 Å². The van der Waals surface area contributed by atoms with Gasteiger partial charge in [0.05, 0.1) is 0 Å². The molecule has 0 aliphatic carbocycles. The van der Waals surface area contributed by atoms with Gasteiger partial charge in [0, 0.05) is 23.1 Å². The highest BCUT2D eigenvalue weighted by atomic mass is 16.4. The standard InChI is InChI=1S/C9H7N5O/c1-6-11-13-9(15-6)7-3-2-4-8(5-7)12-14-10/h2-5H,1H3. The predicted molar refractivity (Wildman–Crippen MR) is 53.3 cm³/mol. The van der Waals surface area contributed by atoms with E-state index in [-0.39, 0.29) is 0 Å². The van der Waals surface area contributed by atoms with Crippen molar-refractivity contribution in [2.24, 2.45) is 5.11 Å². The maximum Gasteiger partial charge on any atom is 0.247 e. The van der Waals surface area contributed by atoms with Crippen molar-refractivity contribution in [2.75, 3.05) is 0 Å². The summed E-state index contributed by atoms with van der Waals surface area (Å²) in [7, 11) is 0. The molecule has 0 amide bonds. The van der Waals surface area contributed by atoms with Crippen molar-refractivity contribution in [1.29, 1.82) is 0 Å². The minimum absolute atomic E-state index is 0.419. The number of azide groups is 1. The molecular weight excluding hydrogens is 194 g/mol. The summed E-state index contributed by atoms with van der Waals surface area (Å²) in [6.45, 7) is 1.72. The largest absolute Gasteiger partial charge is 0.421 e. The molecule has 0 aliphatic heterocycles. The second-order valence-corrected chi connectivity index (χ2v) is 2.87. The molecule has 0 fully saturated rings. The molecule has 2 rings (SSSR count). The van der Waals surface area contributed by atoms with E-state index in [1.807, 2.05) is 6.07 Å². The van der Waals surface area contributed by atoms with Gasteiger partial charge in [-0.25, -0.2) is 0 Å². The number of nitrogens with zero attached hydrogens (tertiary/aromatic N) is 5. The van der Waals surface area contributed by atoms with Crippen LogP contribution in [0.2, 0.25) is 0 Å². The highest BCUT2D eigenvalue weighted by Crippen LogP contribution is 2.22. The van der Waals surface area contributed by atoms with Gasteiger partial charge in [0.2, 0.25) is 11.8 Å². The Hall–Kier alpha value is -2.33. The molecule has 0 aliphatic rings. The fourth-order valence-corrected chi connectivity index (χ4v) is 1.17. The van der Waals surface area contributed by atoms with Gasteiger partial charge in [-0.05, 0) is 17.7 Å². The lowest BCUT2D eigenvalue weighted by molar-refractivity contribution is 0.533. The van der Waals surface area contributed by atoms with Gasteiger partial charge >= 0.3 is 0 Å². The van der Waals surface area contributed by atoms with E-state index in [0.717, 1.165) is 5.56 Å². The first-order chi connectivity index (χ1) is 7.29. The number of aryl methyl sites for hydroxylation is 1. The molecule has 15 heavy (non-hydrogen) atoms. The van der Waals surface area contributed by atoms with E-state index >= 15 is 0 Å². The summed E-state index contributed by atoms with van der Waals surface area (Å²) in [6.07, 6.45) is 0. The van der Waals surface area contributed by atoms with E-state index < -0.39 is 0 Å². The van der Waals surface area contributed by atoms with Crippen molar-refractivity contribution in [3.8, 4) is 11.5 Å². The summed E-state index contributed by atoms with van der Waals surface area (Å²) in [6, 6.07) is 6.96. The van der Waals surface area contributed by atoms with Crippen LogP contribution in [0.3, 0.4) is 0 Å². The van der Waals surface area contributed by atoms with Gasteiger partial charge in [-0.3, -0.25) is 0 Å². The number of benzene rings is 1. The Morgan fingerprint density at radius 2 is 2.27 bits per heavy atom. The zero-order valence-corrected chi connectivity index (χ0v) is 7.95. The predicted octanol–water partition coefficient (Wildman–Crippen LogP) is 2.99. The average molecular weight is 201 g/mol. The monoisotopic (exact) mass is 201 g/mol. The molecule has 1 aromatic heterocycles. The summed E-state index contributed by atoms with van der Waals surface area (Å²) < 4.78 is 5.25. The van der Waals surface area contributed by atoms with Crippen molar-refractivity contribution in [3.63, 3.8) is 0 Å². The highest BCUT2D eigenvalue weighted by molar-refractivity contribution is 5.58. The molecule has 1 heterocycles. The van der Waals surface area contributed by atoms with Crippen molar-refractivity contribution >= 4 is 5.69 Å². The molecule has 6 heteroatoms. The van der Waals surface area contributed by atoms with Gasteiger partial charge in [0.1, 0.15) is 0 Å². The molecule has 0 unspecified atom stereocenters. The molecule has 6 nitrogen and oxygen atoms in total. The lowest BCUT2D eigenvalue weighted by Crippen LogP contribution is -1.76. The molecule has 2 aromatic rings. The zero-order chi connectivity index (χ0) is 10.7. The Labute approximate surface area is 85.2 Å². The van der Waals surface area contributed by atoms with E-state index in [1.165, 1.54) is 0 Å². The number of rotatable bonds is 2. The Balaban J connectivity index is 2.44. The minimum atomic E-state index is 0.419. The summed E-state index contributed by atoms with van der Waals surface area (Å²) in [4.78, 5) is 2.70. The molecular formula is C9H7N5O. The first kappa shape index (κ1) is 9.23. The van der Waals surface area contributed by atoms with Crippen molar-refractivity contribution in [2.45, 2.75) is 6.92 Å². The lowest BCUT2D eigenvalue weighted by atomic mass is 10.2. The summed E-state index contributed by atoms with van der Waals surface area (Å²) in [5, 5.41) is 11.1. The number of hydrogen-bond acceptors (Lipinski definition) is 4. The van der Waals surface area contributed by atoms with Crippen molar-refractivity contribution < 1.29 is 4.42 Å². The van der Waals surface area contributed by atoms with Gasteiger partial charge in [0.15, 0.2) is 0 Å². The van der Waals surface area contributed by atoms with Crippen molar-refractivity contribution in [1.82, 2.24) is 10.2 Å². The molecule has 0 bridgehead atoms. The molecule has 74 valence electrons. The third kappa shape index (κ3) is 1.95. The summed E-state index contributed by atoms with van der Waals surface area (Å²) in [5.41, 5.74) is 9.55. The second-order valence-electron chi connectivity index (χ2n) is 2.87. The fourth-order valence-electron chi connectivity index (χ4n) is 1.17. The maximum atomic E-state index is 8.29. The van der Waals surface area contributed by atoms with Crippen LogP contribution in [0.25, 0.3) is 21.9 Å². The van der Waals surface area contributed by atoms with Gasteiger partial charge in [-0.2, -0.15) is 0 Å². The molecule has 1 aromatic carbocycles. The van der Waals surface area contributed by atoms with Crippen LogP contribution >= 0.6 is 0 Å². The third-order valence-electron chi connectivity index (χ3n) is 1.78. The van der Waals surface area contributed by atoms with Crippen LogP contribution in [0.15, 0.2) is 33.8 Å². The first-order valence-electron chi connectivity index (χ1n) is 4.25. The fraction of sp³-hybridized carbons (Fsp3) is 0.111. The topological polar surface area (TPSA) is 87.7 Å². The molecule has 0 saturated carbocycles. The Kier molecular flexibility index (Phi) is 2.35. The van der Waals surface area contributed by atoms with E-state index in [9.17, 15) is 0 Å². The van der Waals surface area contributed by atoms with E-state index in [2.05, 4.69) is 20.2 Å². The van der Waals surface area contributed by atoms with Crippen LogP contribution in [0.4, 0.5) is 5.69 Å². The Morgan fingerprint density at radius 1 is 1.40 bits per heavy atom. The van der Waals surface area contributed by atoms with Crippen molar-refractivity contribution in [3.05, 3.63) is 40.6 Å². The smallest absolute Gasteiger partial charge is 0.247 e. The summed E-state index contributed by atoms with van der Waals surface area (Å²) in [5.74, 6) is 0.918. The summed E-state index contributed by atoms with van der Waals surface area (Å²) >= 11 is 0. The third-order valence-corrected chi connectivity index (χ3v) is 1.78. The molecule has 0 saturated heterocycles. The van der Waals surface area contributed by atoms with E-state index in [0.29, 0.717) is 17.5 Å². The Morgan fingerprint density at radius 3 is 2.93 bits per heavy atom. The average Bonchev–Trinajstić information content (AvgIpc) is 2.66. The SMILES string of the molecule is Cc1nnc(-c2cccc(N=[N+]=[N-])c2)o1. The Bertz CT molecular complexity index is 527. The normalized spacial score (nSPS) is 9.67. The van der Waals surface area contributed by atoms with Gasteiger partial charge < -0.3 is 4.42 Å². The van der Waals surface area contributed by atoms with Crippen LogP contribution in [-0.2, 0) is 0 Å². The quantitative estimate of drug-likeness (QED) is 0.425. The minimum Gasteiger partial charge on any atom is -0.421 e. The van der Waals surface area contributed by atoms with Crippen LogP contribution < -0.4 is 0 Å². The van der Waals surface area contributed by atoms with E-state index in [1.54, 1.807) is 25.1 Å². The van der Waals surface area contributed by atoms with Gasteiger partial charge in [-0.1, -0.05) is 17.2 Å². The van der Waals surface area contributed by atoms with Gasteiger partial charge in [0.25, 0.3) is 0 Å². The molecule has 0 N–H and O–H groups in total. The number of aromatic nitrogens is 2. The number of hydrogen-bond donors (Lipinski definition) is 0. The van der Waals surface area contributed by atoms with Crippen LogP contribution in [-0.4, -0.2) is 10.2 Å². The van der Waals surface area contributed by atoms with E-state index in [4.69, 9.17) is 9.95 Å². The lowest BCUT2D eigenvalue weighted by Gasteiger charge is -1.95. The second kappa shape index (κ2) is 3.81. The zero-order valence-electron chi connectivity index (χ0n) is 7.95. The van der Waals surface area contributed by atoms with Gasteiger partial charge in [-0.15, -0.1) is 10.2 Å². The molecule has 0 spiro atoms. The highest BCUT2D eigenvalue weighted by Gasteiger charge is 2.05.